The Labute approximate surface area is 287 Å². The van der Waals surface area contributed by atoms with E-state index in [1.54, 1.807) is 0 Å². The maximum Gasteiger partial charge on any atom is 0.238 e. The lowest BCUT2D eigenvalue weighted by Gasteiger charge is -2.11. The van der Waals surface area contributed by atoms with Crippen LogP contribution < -0.4 is 0 Å². The maximum atomic E-state index is 6.80. The molecule has 3 heterocycles. The Morgan fingerprint density at radius 1 is 0.360 bits per heavy atom. The molecule has 0 amide bonds. The summed E-state index contributed by atoms with van der Waals surface area (Å²) in [5.74, 6) is 1.68. The molecule has 10 rings (SSSR count). The van der Waals surface area contributed by atoms with Gasteiger partial charge in [-0.25, -0.2) is 4.98 Å². The zero-order valence-corrected chi connectivity index (χ0v) is 26.9. The highest BCUT2D eigenvalue weighted by Crippen LogP contribution is 2.41. The molecule has 0 atom stereocenters. The van der Waals surface area contributed by atoms with Crippen LogP contribution in [0.5, 0.6) is 0 Å². The van der Waals surface area contributed by atoms with Crippen molar-refractivity contribution < 1.29 is 4.42 Å². The van der Waals surface area contributed by atoms with Crippen LogP contribution in [-0.4, -0.2) is 19.5 Å². The van der Waals surface area contributed by atoms with Gasteiger partial charge in [-0.15, -0.1) is 0 Å². The van der Waals surface area contributed by atoms with Crippen LogP contribution in [0.1, 0.15) is 0 Å². The van der Waals surface area contributed by atoms with Crippen molar-refractivity contribution in [3.63, 3.8) is 0 Å². The molecule has 5 nitrogen and oxygen atoms in total. The summed E-state index contributed by atoms with van der Waals surface area (Å²) in [5.41, 5.74) is 9.83. The summed E-state index contributed by atoms with van der Waals surface area (Å²) in [6.07, 6.45) is 0. The summed E-state index contributed by atoms with van der Waals surface area (Å²) in [6, 6.07) is 58.5. The molecule has 0 saturated carbocycles. The molecule has 7 aromatic carbocycles. The second-order valence-electron chi connectivity index (χ2n) is 12.4. The molecule has 3 aromatic heterocycles. The lowest BCUT2D eigenvalue weighted by atomic mass is 9.99. The quantitative estimate of drug-likeness (QED) is 0.188. The van der Waals surface area contributed by atoms with Crippen molar-refractivity contribution in [1.29, 1.82) is 0 Å². The first kappa shape index (κ1) is 28.2. The minimum atomic E-state index is 0.545. The second-order valence-corrected chi connectivity index (χ2v) is 12.4. The van der Waals surface area contributed by atoms with Crippen LogP contribution in [0.25, 0.3) is 94.7 Å². The predicted octanol–water partition coefficient (Wildman–Crippen LogP) is 11.5. The van der Waals surface area contributed by atoms with Gasteiger partial charge in [0.25, 0.3) is 0 Å². The highest BCUT2D eigenvalue weighted by atomic mass is 16.3. The van der Waals surface area contributed by atoms with E-state index in [1.165, 1.54) is 0 Å². The molecule has 50 heavy (non-hydrogen) atoms. The highest BCUT2D eigenvalue weighted by molar-refractivity contribution is 6.16. The zero-order valence-electron chi connectivity index (χ0n) is 26.9. The molecule has 234 valence electrons. The second kappa shape index (κ2) is 11.4. The van der Waals surface area contributed by atoms with Gasteiger partial charge in [-0.05, 0) is 34.9 Å². The Morgan fingerprint density at radius 3 is 1.58 bits per heavy atom. The molecule has 0 aliphatic heterocycles. The van der Waals surface area contributed by atoms with Crippen LogP contribution in [0, 0.1) is 0 Å². The summed E-state index contributed by atoms with van der Waals surface area (Å²) in [5, 5.41) is 4.36. The molecular weight excluding hydrogens is 613 g/mol. The minimum Gasteiger partial charge on any atom is -0.455 e. The van der Waals surface area contributed by atoms with E-state index in [4.69, 9.17) is 19.4 Å². The average Bonchev–Trinajstić information content (AvgIpc) is 3.75. The average molecular weight is 641 g/mol. The lowest BCUT2D eigenvalue weighted by Crippen LogP contribution is -2.06. The fourth-order valence-corrected chi connectivity index (χ4v) is 7.24. The molecule has 0 bridgehead atoms. The molecule has 0 aliphatic carbocycles. The fourth-order valence-electron chi connectivity index (χ4n) is 7.24. The Hall–Kier alpha value is -6.85. The first-order chi connectivity index (χ1) is 24.8. The Kier molecular flexibility index (Phi) is 6.42. The van der Waals surface area contributed by atoms with Crippen molar-refractivity contribution >= 4 is 43.7 Å². The van der Waals surface area contributed by atoms with Crippen molar-refractivity contribution in [2.75, 3.05) is 0 Å². The Balaban J connectivity index is 1.26. The van der Waals surface area contributed by atoms with Crippen LogP contribution >= 0.6 is 0 Å². The van der Waals surface area contributed by atoms with Crippen LogP contribution in [0.3, 0.4) is 0 Å². The topological polar surface area (TPSA) is 56.7 Å². The third-order valence-corrected chi connectivity index (χ3v) is 9.49. The Morgan fingerprint density at radius 2 is 0.860 bits per heavy atom. The number of benzene rings is 7. The van der Waals surface area contributed by atoms with Crippen molar-refractivity contribution in [2.45, 2.75) is 0 Å². The van der Waals surface area contributed by atoms with Gasteiger partial charge in [-0.3, -0.25) is 4.57 Å². The number of rotatable bonds is 5. The molecule has 0 fully saturated rings. The van der Waals surface area contributed by atoms with Gasteiger partial charge in [0.2, 0.25) is 5.95 Å². The number of fused-ring (bicyclic) bond motifs is 6. The number of nitrogens with zero attached hydrogens (tertiary/aromatic N) is 4. The van der Waals surface area contributed by atoms with Gasteiger partial charge in [0.15, 0.2) is 11.6 Å². The molecule has 0 aliphatic rings. The molecule has 0 radical (unpaired) electrons. The van der Waals surface area contributed by atoms with Gasteiger partial charge in [0, 0.05) is 32.7 Å². The summed E-state index contributed by atoms with van der Waals surface area (Å²) in [6.45, 7) is 0. The standard InChI is InChI=1S/C45H28N4O/c1-4-15-29(16-5-1)32-22-14-28-39-40(32)36-21-10-11-27-38(36)49(39)45-47-43(31-19-8-3-9-20-31)46-44(48-45)37-26-13-25-35-34-24-12-23-33(41(34)50-42(35)37)30-17-6-2-7-18-30/h1-28H. The van der Waals surface area contributed by atoms with Gasteiger partial charge in [-0.1, -0.05) is 152 Å². The predicted molar refractivity (Wildman–Crippen MR) is 203 cm³/mol. The molecule has 0 unspecified atom stereocenters. The van der Waals surface area contributed by atoms with Crippen molar-refractivity contribution in [3.05, 3.63) is 170 Å². The number of hydrogen-bond acceptors (Lipinski definition) is 4. The first-order valence-corrected chi connectivity index (χ1v) is 16.7. The third kappa shape index (κ3) is 4.45. The molecule has 0 spiro atoms. The van der Waals surface area contributed by atoms with E-state index in [9.17, 15) is 0 Å². The van der Waals surface area contributed by atoms with Gasteiger partial charge in [0.05, 0.1) is 16.6 Å². The van der Waals surface area contributed by atoms with E-state index >= 15 is 0 Å². The smallest absolute Gasteiger partial charge is 0.238 e. The van der Waals surface area contributed by atoms with E-state index in [2.05, 4.69) is 132 Å². The first-order valence-electron chi connectivity index (χ1n) is 16.7. The summed E-state index contributed by atoms with van der Waals surface area (Å²) >= 11 is 0. The summed E-state index contributed by atoms with van der Waals surface area (Å²) in [4.78, 5) is 15.5. The lowest BCUT2D eigenvalue weighted by molar-refractivity contribution is 0.670. The van der Waals surface area contributed by atoms with Crippen LogP contribution in [0.2, 0.25) is 0 Å². The van der Waals surface area contributed by atoms with Gasteiger partial charge in [0.1, 0.15) is 11.2 Å². The number of aromatic nitrogens is 4. The van der Waals surface area contributed by atoms with E-state index in [1.807, 2.05) is 42.5 Å². The summed E-state index contributed by atoms with van der Waals surface area (Å²) < 4.78 is 8.97. The van der Waals surface area contributed by atoms with E-state index < -0.39 is 0 Å². The van der Waals surface area contributed by atoms with Crippen LogP contribution in [-0.2, 0) is 0 Å². The van der Waals surface area contributed by atoms with Crippen molar-refractivity contribution in [1.82, 2.24) is 19.5 Å². The van der Waals surface area contributed by atoms with Gasteiger partial charge < -0.3 is 4.42 Å². The fraction of sp³-hybridized carbons (Fsp3) is 0. The van der Waals surface area contributed by atoms with Crippen molar-refractivity contribution in [3.8, 4) is 51.0 Å². The summed E-state index contributed by atoms with van der Waals surface area (Å²) in [7, 11) is 0. The molecule has 0 N–H and O–H groups in total. The normalized spacial score (nSPS) is 11.6. The number of furan rings is 1. The molecule has 0 saturated heterocycles. The van der Waals surface area contributed by atoms with Crippen LogP contribution in [0.4, 0.5) is 0 Å². The number of para-hydroxylation sites is 3. The molecule has 5 heteroatoms. The third-order valence-electron chi connectivity index (χ3n) is 9.49. The monoisotopic (exact) mass is 640 g/mol. The molecule has 10 aromatic rings. The minimum absolute atomic E-state index is 0.545. The SMILES string of the molecule is c1ccc(-c2nc(-c3cccc4c3oc3c(-c5ccccc5)cccc34)nc(-n3c4ccccc4c4c(-c5ccccc5)cccc43)n2)cc1. The largest absolute Gasteiger partial charge is 0.455 e. The van der Waals surface area contributed by atoms with E-state index in [0.717, 1.165) is 77.1 Å². The van der Waals surface area contributed by atoms with Gasteiger partial charge in [-0.2, -0.15) is 9.97 Å². The Bertz CT molecular complexity index is 2860. The highest BCUT2D eigenvalue weighted by Gasteiger charge is 2.22. The van der Waals surface area contributed by atoms with Gasteiger partial charge >= 0.3 is 0 Å². The zero-order chi connectivity index (χ0) is 33.0. The maximum absolute atomic E-state index is 6.80. The van der Waals surface area contributed by atoms with E-state index in [-0.39, 0.29) is 0 Å². The van der Waals surface area contributed by atoms with Crippen molar-refractivity contribution in [2.24, 2.45) is 0 Å². The molecular formula is C45H28N4O. The van der Waals surface area contributed by atoms with Crippen LogP contribution in [0.15, 0.2) is 174 Å². The number of hydrogen-bond donors (Lipinski definition) is 0. The van der Waals surface area contributed by atoms with E-state index in [0.29, 0.717) is 17.6 Å².